The monoisotopic (exact) mass is 499 g/mol. The molecule has 13 nitrogen and oxygen atoms in total. The molecular formula is C23H29N7O6. The van der Waals surface area contributed by atoms with Gasteiger partial charge in [0.2, 0.25) is 11.9 Å². The molecule has 1 fully saturated rings. The van der Waals surface area contributed by atoms with Crippen LogP contribution in [0.25, 0.3) is 10.9 Å². The smallest absolute Gasteiger partial charge is 0.262 e. The van der Waals surface area contributed by atoms with Crippen LogP contribution in [0.4, 0.5) is 11.9 Å². The Kier molecular flexibility index (Phi) is 7.93. The van der Waals surface area contributed by atoms with Crippen LogP contribution in [-0.2, 0) is 11.3 Å². The van der Waals surface area contributed by atoms with Crippen molar-refractivity contribution in [2.24, 2.45) is 0 Å². The van der Waals surface area contributed by atoms with Crippen LogP contribution in [0.15, 0.2) is 29.3 Å². The van der Waals surface area contributed by atoms with E-state index in [9.17, 15) is 14.7 Å². The normalized spacial score (nSPS) is 15.0. The number of aromatic nitrogens is 4. The standard InChI is InChI=1S/C23H29N7O6/c1-3-30-21(33)16-4-5-17(36-13-15(31)12-29-6-8-35-9-7-29)19(34-2)18(16)27-23(30)28-20(32)14-10-25-22(24)26-11-14/h4-5,10-11,15,31H,3,6-9,12-13H2,1-2H3,(H2,24,25,26)(H,27,28,32). The van der Waals surface area contributed by atoms with Gasteiger partial charge in [-0.2, -0.15) is 0 Å². The molecule has 0 bridgehead atoms. The van der Waals surface area contributed by atoms with E-state index in [1.807, 2.05) is 0 Å². The molecule has 1 amide bonds. The van der Waals surface area contributed by atoms with E-state index >= 15 is 0 Å². The Morgan fingerprint density at radius 1 is 1.28 bits per heavy atom. The fraction of sp³-hybridized carbons (Fsp3) is 0.435. The van der Waals surface area contributed by atoms with Gasteiger partial charge in [-0.3, -0.25) is 24.4 Å². The van der Waals surface area contributed by atoms with Gasteiger partial charge in [-0.25, -0.2) is 15.0 Å². The molecule has 1 aromatic carbocycles. The minimum Gasteiger partial charge on any atom is -0.491 e. The number of amides is 1. The first-order valence-electron chi connectivity index (χ1n) is 11.5. The zero-order valence-corrected chi connectivity index (χ0v) is 20.1. The fourth-order valence-corrected chi connectivity index (χ4v) is 3.89. The molecule has 3 heterocycles. The number of fused-ring (bicyclic) bond motifs is 1. The Balaban J connectivity index is 1.60. The van der Waals surface area contributed by atoms with Crippen molar-refractivity contribution in [2.75, 3.05) is 57.6 Å². The van der Waals surface area contributed by atoms with E-state index in [-0.39, 0.29) is 47.4 Å². The van der Waals surface area contributed by atoms with Crippen molar-refractivity contribution in [3.8, 4) is 11.5 Å². The third-order valence-electron chi connectivity index (χ3n) is 5.73. The van der Waals surface area contributed by atoms with Gasteiger partial charge in [0.05, 0.1) is 31.3 Å². The number of carbonyl (C=O) groups excluding carboxylic acids is 1. The minimum atomic E-state index is -0.735. The molecule has 4 N–H and O–H groups in total. The predicted molar refractivity (Wildman–Crippen MR) is 131 cm³/mol. The molecule has 2 aromatic heterocycles. The summed E-state index contributed by atoms with van der Waals surface area (Å²) in [6, 6.07) is 3.19. The molecule has 0 saturated carbocycles. The summed E-state index contributed by atoms with van der Waals surface area (Å²) in [7, 11) is 1.43. The molecule has 3 aromatic rings. The Morgan fingerprint density at radius 2 is 2.00 bits per heavy atom. The van der Waals surface area contributed by atoms with E-state index in [1.165, 1.54) is 24.1 Å². The Morgan fingerprint density at radius 3 is 2.67 bits per heavy atom. The average molecular weight is 500 g/mol. The summed E-state index contributed by atoms with van der Waals surface area (Å²) in [5.74, 6) is 0.0444. The van der Waals surface area contributed by atoms with Gasteiger partial charge in [-0.1, -0.05) is 0 Å². The molecule has 1 atom stereocenters. The van der Waals surface area contributed by atoms with Gasteiger partial charge < -0.3 is 25.1 Å². The topological polar surface area (TPSA) is 167 Å². The second-order valence-electron chi connectivity index (χ2n) is 8.14. The van der Waals surface area contributed by atoms with Crippen LogP contribution in [0.1, 0.15) is 17.3 Å². The summed E-state index contributed by atoms with van der Waals surface area (Å²) >= 11 is 0. The van der Waals surface area contributed by atoms with E-state index in [2.05, 4.69) is 25.2 Å². The Labute approximate surface area is 206 Å². The molecule has 1 aliphatic rings. The lowest BCUT2D eigenvalue weighted by Gasteiger charge is -2.28. The van der Waals surface area contributed by atoms with Crippen LogP contribution < -0.4 is 26.1 Å². The minimum absolute atomic E-state index is 0.0198. The fourth-order valence-electron chi connectivity index (χ4n) is 3.89. The first kappa shape index (κ1) is 25.3. The molecule has 13 heteroatoms. The zero-order chi connectivity index (χ0) is 25.7. The number of aliphatic hydroxyl groups excluding tert-OH is 1. The molecule has 1 saturated heterocycles. The Hall–Kier alpha value is -3.81. The highest BCUT2D eigenvalue weighted by molar-refractivity contribution is 6.03. The summed E-state index contributed by atoms with van der Waals surface area (Å²) in [5, 5.41) is 13.4. The van der Waals surface area contributed by atoms with Crippen LogP contribution in [0.3, 0.4) is 0 Å². The maximum Gasteiger partial charge on any atom is 0.262 e. The molecule has 1 aliphatic heterocycles. The van der Waals surface area contributed by atoms with E-state index < -0.39 is 12.0 Å². The average Bonchev–Trinajstić information content (AvgIpc) is 2.88. The molecule has 0 radical (unpaired) electrons. The maximum absolute atomic E-state index is 13.2. The van der Waals surface area contributed by atoms with Gasteiger partial charge in [-0.05, 0) is 19.1 Å². The van der Waals surface area contributed by atoms with Crippen LogP contribution in [0, 0.1) is 0 Å². The molecule has 4 rings (SSSR count). The first-order chi connectivity index (χ1) is 17.4. The number of nitrogens with one attached hydrogen (secondary N) is 1. The number of hydrogen-bond donors (Lipinski definition) is 3. The second-order valence-corrected chi connectivity index (χ2v) is 8.14. The van der Waals surface area contributed by atoms with Gasteiger partial charge in [0, 0.05) is 38.6 Å². The largest absolute Gasteiger partial charge is 0.491 e. The van der Waals surface area contributed by atoms with Crippen molar-refractivity contribution in [3.63, 3.8) is 0 Å². The number of anilines is 2. The third kappa shape index (κ3) is 5.53. The lowest BCUT2D eigenvalue weighted by molar-refractivity contribution is 0.00447. The number of nitrogens with zero attached hydrogens (tertiary/aromatic N) is 5. The molecule has 36 heavy (non-hydrogen) atoms. The number of hydrogen-bond acceptors (Lipinski definition) is 11. The van der Waals surface area contributed by atoms with Crippen molar-refractivity contribution in [1.29, 1.82) is 0 Å². The SMILES string of the molecule is CCn1c(NC(=O)c2cnc(N)nc2)nc2c(OC)c(OCC(O)CN3CCOCC3)ccc2c1=O. The molecule has 1 unspecified atom stereocenters. The highest BCUT2D eigenvalue weighted by atomic mass is 16.5. The molecular weight excluding hydrogens is 470 g/mol. The van der Waals surface area contributed by atoms with Gasteiger partial charge in [-0.15, -0.1) is 0 Å². The number of methoxy groups -OCH3 is 1. The lowest BCUT2D eigenvalue weighted by Crippen LogP contribution is -2.42. The summed E-state index contributed by atoms with van der Waals surface area (Å²) in [6.07, 6.45) is 1.82. The van der Waals surface area contributed by atoms with Crippen molar-refractivity contribution in [1.82, 2.24) is 24.4 Å². The second kappa shape index (κ2) is 11.3. The predicted octanol–water partition coefficient (Wildman–Crippen LogP) is 0.121. The summed E-state index contributed by atoms with van der Waals surface area (Å²) in [5.41, 5.74) is 5.50. The van der Waals surface area contributed by atoms with Crippen LogP contribution in [0.2, 0.25) is 0 Å². The number of benzene rings is 1. The van der Waals surface area contributed by atoms with Crippen molar-refractivity contribution in [3.05, 3.63) is 40.4 Å². The molecule has 0 spiro atoms. The highest BCUT2D eigenvalue weighted by Gasteiger charge is 2.21. The summed E-state index contributed by atoms with van der Waals surface area (Å²) < 4.78 is 18.0. The van der Waals surface area contributed by atoms with E-state index in [0.717, 1.165) is 13.1 Å². The van der Waals surface area contributed by atoms with E-state index in [1.54, 1.807) is 19.1 Å². The first-order valence-corrected chi connectivity index (χ1v) is 11.5. The number of morpholine rings is 1. The Bertz CT molecular complexity index is 1270. The van der Waals surface area contributed by atoms with Crippen LogP contribution in [0.5, 0.6) is 11.5 Å². The van der Waals surface area contributed by atoms with Gasteiger partial charge in [0.25, 0.3) is 11.5 Å². The molecule has 0 aliphatic carbocycles. The van der Waals surface area contributed by atoms with Gasteiger partial charge in [0.15, 0.2) is 11.5 Å². The number of carbonyl (C=O) groups is 1. The third-order valence-corrected chi connectivity index (χ3v) is 5.73. The summed E-state index contributed by atoms with van der Waals surface area (Å²) in [6.45, 7) is 5.28. The number of nitrogen functional groups attached to an aromatic ring is 1. The quantitative estimate of drug-likeness (QED) is 0.366. The van der Waals surface area contributed by atoms with Crippen molar-refractivity contribution < 1.29 is 24.1 Å². The van der Waals surface area contributed by atoms with Crippen molar-refractivity contribution in [2.45, 2.75) is 19.6 Å². The van der Waals surface area contributed by atoms with E-state index in [4.69, 9.17) is 19.9 Å². The zero-order valence-electron chi connectivity index (χ0n) is 20.1. The van der Waals surface area contributed by atoms with Crippen LogP contribution in [-0.4, -0.2) is 88.1 Å². The summed E-state index contributed by atoms with van der Waals surface area (Å²) in [4.78, 5) is 40.2. The van der Waals surface area contributed by atoms with Gasteiger partial charge in [0.1, 0.15) is 18.2 Å². The number of ether oxygens (including phenoxy) is 3. The number of β-amino-alcohol motifs (C(OH)–C–C–N with tert-alkyl or cyclic N) is 1. The van der Waals surface area contributed by atoms with E-state index in [0.29, 0.717) is 30.9 Å². The van der Waals surface area contributed by atoms with Crippen molar-refractivity contribution >= 4 is 28.7 Å². The maximum atomic E-state index is 13.2. The highest BCUT2D eigenvalue weighted by Crippen LogP contribution is 2.34. The van der Waals surface area contributed by atoms with Crippen LogP contribution >= 0.6 is 0 Å². The number of rotatable bonds is 9. The van der Waals surface area contributed by atoms with Gasteiger partial charge >= 0.3 is 0 Å². The number of nitrogens with two attached hydrogens (primary N) is 1. The lowest BCUT2D eigenvalue weighted by atomic mass is 10.2. The molecule has 192 valence electrons. The number of aliphatic hydroxyl groups is 1.